The van der Waals surface area contributed by atoms with Crippen molar-refractivity contribution in [1.29, 1.82) is 0 Å². The Bertz CT molecular complexity index is 1040. The molecule has 1 aliphatic rings. The summed E-state index contributed by atoms with van der Waals surface area (Å²) in [6.45, 7) is 5.18. The number of carbonyl (C=O) groups excluding carboxylic acids is 4. The molecule has 0 fully saturated rings. The van der Waals surface area contributed by atoms with Gasteiger partial charge in [0.15, 0.2) is 0 Å². The first-order chi connectivity index (χ1) is 15.3. The van der Waals surface area contributed by atoms with Crippen LogP contribution in [0.5, 0.6) is 0 Å². The Morgan fingerprint density at radius 3 is 2.41 bits per heavy atom. The summed E-state index contributed by atoms with van der Waals surface area (Å²) < 4.78 is 0. The molecule has 4 amide bonds. The Morgan fingerprint density at radius 1 is 1.03 bits per heavy atom. The zero-order valence-corrected chi connectivity index (χ0v) is 18.5. The molecule has 2 aromatic carbocycles. The summed E-state index contributed by atoms with van der Waals surface area (Å²) in [5, 5.41) is 6.54. The highest BCUT2D eigenvalue weighted by molar-refractivity contribution is 6.06. The Labute approximate surface area is 187 Å². The molecule has 32 heavy (non-hydrogen) atoms. The molecule has 168 valence electrons. The predicted octanol–water partition coefficient (Wildman–Crippen LogP) is 2.26. The minimum atomic E-state index is -0.843. The summed E-state index contributed by atoms with van der Waals surface area (Å²) in [4.78, 5) is 49.1. The predicted molar refractivity (Wildman–Crippen MR) is 121 cm³/mol. The van der Waals surface area contributed by atoms with Gasteiger partial charge in [0.1, 0.15) is 6.04 Å². The molecule has 0 aliphatic carbocycles. The summed E-state index contributed by atoms with van der Waals surface area (Å²) in [5.41, 5.74) is 5.95. The fraction of sp³-hybridized carbons (Fsp3) is 0.333. The lowest BCUT2D eigenvalue weighted by Gasteiger charge is -2.27. The second-order valence-corrected chi connectivity index (χ2v) is 7.85. The Kier molecular flexibility index (Phi) is 7.25. The van der Waals surface area contributed by atoms with Crippen LogP contribution in [-0.4, -0.2) is 36.2 Å². The standard InChI is InChI=1S/C24H28N4O4/c1-15-18-9-4-5-10-19(18)20-11-6-7-12-21(20)28(24(15)32)27-23(31)16(2)26-22(30)13-8-14-25-17(3)29/h4-7,9-12,15-16H,8,13-14H2,1-3H3,(H,25,29)(H,26,30)(H,27,31)/t15?,16-/m0/s1. The van der Waals surface area contributed by atoms with E-state index in [1.54, 1.807) is 13.0 Å². The highest BCUT2D eigenvalue weighted by Gasteiger charge is 2.33. The third-order valence-electron chi connectivity index (χ3n) is 5.40. The summed E-state index contributed by atoms with van der Waals surface area (Å²) in [5.74, 6) is -1.68. The maximum absolute atomic E-state index is 13.3. The van der Waals surface area contributed by atoms with Crippen LogP contribution in [-0.2, 0) is 19.2 Å². The number of hydrogen-bond acceptors (Lipinski definition) is 4. The molecular weight excluding hydrogens is 408 g/mol. The van der Waals surface area contributed by atoms with E-state index in [9.17, 15) is 19.2 Å². The van der Waals surface area contributed by atoms with Crippen molar-refractivity contribution >= 4 is 29.3 Å². The van der Waals surface area contributed by atoms with Crippen molar-refractivity contribution in [3.63, 3.8) is 0 Å². The van der Waals surface area contributed by atoms with Gasteiger partial charge < -0.3 is 10.6 Å². The van der Waals surface area contributed by atoms with Crippen LogP contribution in [0, 0.1) is 0 Å². The van der Waals surface area contributed by atoms with Gasteiger partial charge in [-0.3, -0.25) is 24.6 Å². The molecule has 8 heteroatoms. The molecule has 8 nitrogen and oxygen atoms in total. The first kappa shape index (κ1) is 23.0. The molecule has 1 heterocycles. The van der Waals surface area contributed by atoms with Crippen LogP contribution in [0.3, 0.4) is 0 Å². The third-order valence-corrected chi connectivity index (χ3v) is 5.40. The van der Waals surface area contributed by atoms with Crippen molar-refractivity contribution in [3.05, 3.63) is 54.1 Å². The van der Waals surface area contributed by atoms with Crippen molar-refractivity contribution in [2.75, 3.05) is 11.6 Å². The average molecular weight is 437 g/mol. The maximum atomic E-state index is 13.3. The molecule has 0 spiro atoms. The van der Waals surface area contributed by atoms with Crippen LogP contribution in [0.25, 0.3) is 11.1 Å². The summed E-state index contributed by atoms with van der Waals surface area (Å²) in [6.07, 6.45) is 0.642. The fourth-order valence-corrected chi connectivity index (χ4v) is 3.68. The molecule has 0 radical (unpaired) electrons. The molecule has 0 saturated carbocycles. The summed E-state index contributed by atoms with van der Waals surface area (Å²) in [6, 6.07) is 14.3. The zero-order chi connectivity index (χ0) is 23.3. The maximum Gasteiger partial charge on any atom is 0.261 e. The van der Waals surface area contributed by atoms with Gasteiger partial charge in [-0.15, -0.1) is 0 Å². The second-order valence-electron chi connectivity index (χ2n) is 7.85. The van der Waals surface area contributed by atoms with Gasteiger partial charge in [0.2, 0.25) is 11.8 Å². The van der Waals surface area contributed by atoms with Gasteiger partial charge in [-0.05, 0) is 37.5 Å². The molecular formula is C24H28N4O4. The highest BCUT2D eigenvalue weighted by atomic mass is 16.2. The molecule has 2 atom stereocenters. The molecule has 0 saturated heterocycles. The van der Waals surface area contributed by atoms with E-state index in [0.29, 0.717) is 18.7 Å². The average Bonchev–Trinajstić information content (AvgIpc) is 2.86. The van der Waals surface area contributed by atoms with Crippen molar-refractivity contribution in [2.24, 2.45) is 0 Å². The van der Waals surface area contributed by atoms with E-state index in [1.165, 1.54) is 11.9 Å². The molecule has 2 aromatic rings. The van der Waals surface area contributed by atoms with Gasteiger partial charge in [0.25, 0.3) is 11.8 Å². The SMILES string of the molecule is CC(=O)NCCCC(=O)N[C@@H](C)C(=O)NN1C(=O)C(C)c2ccccc2-c2ccccc21. The lowest BCUT2D eigenvalue weighted by molar-refractivity contribution is -0.130. The lowest BCUT2D eigenvalue weighted by atomic mass is 9.92. The first-order valence-electron chi connectivity index (χ1n) is 10.7. The van der Waals surface area contributed by atoms with Gasteiger partial charge in [0, 0.05) is 25.5 Å². The van der Waals surface area contributed by atoms with Crippen LogP contribution >= 0.6 is 0 Å². The molecule has 3 rings (SSSR count). The Hall–Kier alpha value is -3.68. The van der Waals surface area contributed by atoms with Gasteiger partial charge in [0.05, 0.1) is 11.6 Å². The summed E-state index contributed by atoms with van der Waals surface area (Å²) in [7, 11) is 0. The monoisotopic (exact) mass is 436 g/mol. The first-order valence-corrected chi connectivity index (χ1v) is 10.7. The van der Waals surface area contributed by atoms with Crippen molar-refractivity contribution in [2.45, 2.75) is 45.6 Å². The van der Waals surface area contributed by atoms with Crippen LogP contribution in [0.2, 0.25) is 0 Å². The summed E-state index contributed by atoms with van der Waals surface area (Å²) >= 11 is 0. The number of rotatable bonds is 7. The number of anilines is 1. The number of hydrogen-bond donors (Lipinski definition) is 3. The number of nitrogens with zero attached hydrogens (tertiary/aromatic N) is 1. The van der Waals surface area contributed by atoms with Gasteiger partial charge in [-0.1, -0.05) is 42.5 Å². The highest BCUT2D eigenvalue weighted by Crippen LogP contribution is 2.39. The largest absolute Gasteiger partial charge is 0.356 e. The van der Waals surface area contributed by atoms with Crippen LogP contribution in [0.1, 0.15) is 45.1 Å². The van der Waals surface area contributed by atoms with E-state index >= 15 is 0 Å². The van der Waals surface area contributed by atoms with Crippen LogP contribution < -0.4 is 21.1 Å². The van der Waals surface area contributed by atoms with Crippen molar-refractivity contribution < 1.29 is 19.2 Å². The minimum absolute atomic E-state index is 0.156. The zero-order valence-electron chi connectivity index (χ0n) is 18.5. The Morgan fingerprint density at radius 2 is 1.69 bits per heavy atom. The topological polar surface area (TPSA) is 108 Å². The van der Waals surface area contributed by atoms with E-state index in [0.717, 1.165) is 16.7 Å². The number of nitrogens with one attached hydrogen (secondary N) is 3. The van der Waals surface area contributed by atoms with Gasteiger partial charge >= 0.3 is 0 Å². The molecule has 1 unspecified atom stereocenters. The molecule has 0 aromatic heterocycles. The van der Waals surface area contributed by atoms with E-state index in [1.807, 2.05) is 49.4 Å². The molecule has 3 N–H and O–H groups in total. The minimum Gasteiger partial charge on any atom is -0.356 e. The van der Waals surface area contributed by atoms with Gasteiger partial charge in [-0.2, -0.15) is 0 Å². The molecule has 0 bridgehead atoms. The van der Waals surface area contributed by atoms with E-state index < -0.39 is 17.9 Å². The number of hydrazine groups is 1. The van der Waals surface area contributed by atoms with E-state index in [-0.39, 0.29) is 24.1 Å². The normalized spacial score (nSPS) is 15.7. The van der Waals surface area contributed by atoms with Crippen molar-refractivity contribution in [3.8, 4) is 11.1 Å². The van der Waals surface area contributed by atoms with E-state index in [4.69, 9.17) is 0 Å². The number of amides is 4. The van der Waals surface area contributed by atoms with E-state index in [2.05, 4.69) is 16.1 Å². The number of para-hydroxylation sites is 1. The van der Waals surface area contributed by atoms with Crippen LogP contribution in [0.4, 0.5) is 5.69 Å². The number of carbonyl (C=O) groups is 4. The number of benzene rings is 2. The fourth-order valence-electron chi connectivity index (χ4n) is 3.68. The van der Waals surface area contributed by atoms with Gasteiger partial charge in [-0.25, -0.2) is 5.01 Å². The number of fused-ring (bicyclic) bond motifs is 3. The lowest BCUT2D eigenvalue weighted by Crippen LogP contribution is -2.54. The van der Waals surface area contributed by atoms with Crippen LogP contribution in [0.15, 0.2) is 48.5 Å². The smallest absolute Gasteiger partial charge is 0.261 e. The quantitative estimate of drug-likeness (QED) is 0.579. The Balaban J connectivity index is 1.72. The third kappa shape index (κ3) is 5.14. The van der Waals surface area contributed by atoms with Crippen molar-refractivity contribution in [1.82, 2.24) is 16.1 Å². The molecule has 1 aliphatic heterocycles. The second kappa shape index (κ2) is 10.1.